The largest absolute Gasteiger partial charge is 0.361 e. The van der Waals surface area contributed by atoms with Crippen molar-refractivity contribution >= 4 is 21.6 Å². The first-order valence-corrected chi connectivity index (χ1v) is 7.99. The van der Waals surface area contributed by atoms with Crippen LogP contribution in [-0.2, 0) is 6.54 Å². The Balaban J connectivity index is 1.77. The van der Waals surface area contributed by atoms with Crippen LogP contribution in [0.3, 0.4) is 0 Å². The maximum atomic E-state index is 12.7. The van der Waals surface area contributed by atoms with Crippen molar-refractivity contribution in [3.8, 4) is 10.4 Å². The highest BCUT2D eigenvalue weighted by atomic mass is 32.1. The number of hydrogen-bond acceptors (Lipinski definition) is 5. The molecule has 0 aliphatic rings. The molecular weight excluding hydrogens is 310 g/mol. The predicted octanol–water partition coefficient (Wildman–Crippen LogP) is 3.47. The summed E-state index contributed by atoms with van der Waals surface area (Å²) >= 11 is 1.47. The first-order chi connectivity index (χ1) is 11.2. The van der Waals surface area contributed by atoms with Crippen LogP contribution in [0, 0.1) is 6.92 Å². The summed E-state index contributed by atoms with van der Waals surface area (Å²) in [5.74, 6) is 0.726. The number of aryl methyl sites for hydroxylation is 1. The van der Waals surface area contributed by atoms with Gasteiger partial charge in [0.15, 0.2) is 0 Å². The van der Waals surface area contributed by atoms with Crippen molar-refractivity contribution < 1.29 is 4.52 Å². The lowest BCUT2D eigenvalue weighted by molar-refractivity contribution is 0.388. The summed E-state index contributed by atoms with van der Waals surface area (Å²) in [6.07, 6.45) is 1.57. The van der Waals surface area contributed by atoms with Gasteiger partial charge >= 0.3 is 0 Å². The number of thiophene rings is 1. The number of rotatable bonds is 3. The van der Waals surface area contributed by atoms with Crippen LogP contribution in [0.25, 0.3) is 20.7 Å². The van der Waals surface area contributed by atoms with E-state index in [0.29, 0.717) is 16.9 Å². The maximum absolute atomic E-state index is 12.7. The smallest absolute Gasteiger partial charge is 0.271 e. The Morgan fingerprint density at radius 3 is 2.78 bits per heavy atom. The molecule has 23 heavy (non-hydrogen) atoms. The Morgan fingerprint density at radius 2 is 2.04 bits per heavy atom. The lowest BCUT2D eigenvalue weighted by atomic mass is 10.2. The van der Waals surface area contributed by atoms with E-state index < -0.39 is 0 Å². The molecule has 3 heterocycles. The van der Waals surface area contributed by atoms with Crippen LogP contribution in [0.4, 0.5) is 0 Å². The van der Waals surface area contributed by atoms with Gasteiger partial charge in [-0.15, -0.1) is 11.3 Å². The first kappa shape index (κ1) is 13.9. The fraction of sp³-hybridized carbons (Fsp3) is 0.118. The molecule has 0 spiro atoms. The van der Waals surface area contributed by atoms with Gasteiger partial charge in [-0.3, -0.25) is 9.36 Å². The lowest BCUT2D eigenvalue weighted by Gasteiger charge is -2.01. The number of aromatic nitrogens is 3. The molecule has 0 N–H and O–H groups in total. The Kier molecular flexibility index (Phi) is 3.31. The van der Waals surface area contributed by atoms with E-state index in [4.69, 9.17) is 4.52 Å². The van der Waals surface area contributed by atoms with Gasteiger partial charge in [0.05, 0.1) is 18.4 Å². The monoisotopic (exact) mass is 323 g/mol. The molecule has 0 aliphatic heterocycles. The zero-order valence-electron chi connectivity index (χ0n) is 12.4. The maximum Gasteiger partial charge on any atom is 0.271 e. The normalized spacial score (nSPS) is 11.2. The number of hydrogen-bond donors (Lipinski definition) is 0. The molecule has 1 aromatic carbocycles. The van der Waals surface area contributed by atoms with Gasteiger partial charge in [0.2, 0.25) is 0 Å². The van der Waals surface area contributed by atoms with Crippen molar-refractivity contribution in [3.05, 3.63) is 70.6 Å². The molecule has 6 heteroatoms. The minimum atomic E-state index is -0.0529. The number of nitrogens with zero attached hydrogens (tertiary/aromatic N) is 3. The van der Waals surface area contributed by atoms with E-state index in [1.807, 2.05) is 49.4 Å². The molecular formula is C17H13N3O2S. The third-order valence-corrected chi connectivity index (χ3v) is 4.73. The second kappa shape index (κ2) is 5.48. The van der Waals surface area contributed by atoms with E-state index in [0.717, 1.165) is 21.7 Å². The fourth-order valence-electron chi connectivity index (χ4n) is 2.47. The summed E-state index contributed by atoms with van der Waals surface area (Å²) in [7, 11) is 0. The van der Waals surface area contributed by atoms with E-state index in [1.54, 1.807) is 10.9 Å². The molecule has 0 unspecified atom stereocenters. The zero-order chi connectivity index (χ0) is 15.8. The average Bonchev–Trinajstić information content (AvgIpc) is 3.18. The molecule has 114 valence electrons. The number of fused-ring (bicyclic) bond motifs is 1. The van der Waals surface area contributed by atoms with Crippen LogP contribution in [-0.4, -0.2) is 14.7 Å². The standard InChI is InChI=1S/C17H13N3O2S/c1-11-7-13(19-22-11)9-20-10-18-14-8-15(23-16(14)17(20)21)12-5-3-2-4-6-12/h2-8,10H,9H2,1H3. The van der Waals surface area contributed by atoms with Crippen molar-refractivity contribution in [1.82, 2.24) is 14.7 Å². The van der Waals surface area contributed by atoms with Gasteiger partial charge in [-0.2, -0.15) is 0 Å². The van der Waals surface area contributed by atoms with Gasteiger partial charge in [-0.1, -0.05) is 35.5 Å². The molecule has 0 saturated heterocycles. The van der Waals surface area contributed by atoms with Gasteiger partial charge in [0.1, 0.15) is 16.2 Å². The minimum absolute atomic E-state index is 0.0529. The van der Waals surface area contributed by atoms with Crippen molar-refractivity contribution in [2.24, 2.45) is 0 Å². The third kappa shape index (κ3) is 2.57. The van der Waals surface area contributed by atoms with Crippen LogP contribution in [0.2, 0.25) is 0 Å². The molecule has 0 atom stereocenters. The number of benzene rings is 1. The predicted molar refractivity (Wildman–Crippen MR) is 89.7 cm³/mol. The average molecular weight is 323 g/mol. The zero-order valence-corrected chi connectivity index (χ0v) is 13.2. The van der Waals surface area contributed by atoms with Crippen LogP contribution in [0.5, 0.6) is 0 Å². The van der Waals surface area contributed by atoms with Crippen LogP contribution in [0.1, 0.15) is 11.5 Å². The topological polar surface area (TPSA) is 60.9 Å². The second-order valence-corrected chi connectivity index (χ2v) is 6.35. The Bertz CT molecular complexity index is 1030. The fourth-order valence-corrected chi connectivity index (χ4v) is 3.53. The lowest BCUT2D eigenvalue weighted by Crippen LogP contribution is -2.20. The molecule has 0 fully saturated rings. The van der Waals surface area contributed by atoms with Crippen molar-refractivity contribution in [3.63, 3.8) is 0 Å². The highest BCUT2D eigenvalue weighted by Crippen LogP contribution is 2.30. The highest BCUT2D eigenvalue weighted by Gasteiger charge is 2.11. The van der Waals surface area contributed by atoms with E-state index >= 15 is 0 Å². The van der Waals surface area contributed by atoms with Crippen molar-refractivity contribution in [1.29, 1.82) is 0 Å². The Labute approximate surface area is 135 Å². The molecule has 0 bridgehead atoms. The van der Waals surface area contributed by atoms with Gasteiger partial charge in [-0.25, -0.2) is 4.98 Å². The van der Waals surface area contributed by atoms with Gasteiger partial charge in [0, 0.05) is 10.9 Å². The molecule has 4 aromatic rings. The van der Waals surface area contributed by atoms with E-state index in [1.165, 1.54) is 11.3 Å². The van der Waals surface area contributed by atoms with Gasteiger partial charge < -0.3 is 4.52 Å². The minimum Gasteiger partial charge on any atom is -0.361 e. The molecule has 3 aromatic heterocycles. The summed E-state index contributed by atoms with van der Waals surface area (Å²) in [6.45, 7) is 2.18. The quantitative estimate of drug-likeness (QED) is 0.579. The van der Waals surface area contributed by atoms with Gasteiger partial charge in [-0.05, 0) is 18.6 Å². The molecule has 0 aliphatic carbocycles. The molecule has 0 radical (unpaired) electrons. The molecule has 0 saturated carbocycles. The highest BCUT2D eigenvalue weighted by molar-refractivity contribution is 7.22. The van der Waals surface area contributed by atoms with Crippen LogP contribution in [0.15, 0.2) is 58.1 Å². The van der Waals surface area contributed by atoms with Crippen LogP contribution >= 0.6 is 11.3 Å². The molecule has 4 rings (SSSR count). The summed E-state index contributed by atoms with van der Waals surface area (Å²) < 4.78 is 7.26. The SMILES string of the molecule is Cc1cc(Cn2cnc3cc(-c4ccccc4)sc3c2=O)no1. The molecule has 0 amide bonds. The Hall–Kier alpha value is -2.73. The van der Waals surface area contributed by atoms with Crippen molar-refractivity contribution in [2.75, 3.05) is 0 Å². The Morgan fingerprint density at radius 1 is 1.22 bits per heavy atom. The summed E-state index contributed by atoms with van der Waals surface area (Å²) in [5, 5.41) is 3.93. The van der Waals surface area contributed by atoms with Gasteiger partial charge in [0.25, 0.3) is 5.56 Å². The summed E-state index contributed by atoms with van der Waals surface area (Å²) in [5.41, 5.74) is 2.48. The summed E-state index contributed by atoms with van der Waals surface area (Å²) in [6, 6.07) is 13.8. The molecule has 5 nitrogen and oxygen atoms in total. The van der Waals surface area contributed by atoms with E-state index in [9.17, 15) is 4.79 Å². The summed E-state index contributed by atoms with van der Waals surface area (Å²) in [4.78, 5) is 18.1. The van der Waals surface area contributed by atoms with E-state index in [-0.39, 0.29) is 5.56 Å². The third-order valence-electron chi connectivity index (χ3n) is 3.57. The van der Waals surface area contributed by atoms with E-state index in [2.05, 4.69) is 10.1 Å². The second-order valence-electron chi connectivity index (χ2n) is 5.30. The van der Waals surface area contributed by atoms with Crippen molar-refractivity contribution in [2.45, 2.75) is 13.5 Å². The first-order valence-electron chi connectivity index (χ1n) is 7.17. The van der Waals surface area contributed by atoms with Crippen LogP contribution < -0.4 is 5.56 Å².